The van der Waals surface area contributed by atoms with Gasteiger partial charge < -0.3 is 30.4 Å². The topological polar surface area (TPSA) is 150 Å². The number of hydrogen-bond acceptors (Lipinski definition) is 10. The number of rotatable bonds is 0. The largest absolute Gasteiger partial charge is 6.00 e. The van der Waals surface area contributed by atoms with Crippen LogP contribution in [0.1, 0.15) is 13.8 Å². The Balaban J connectivity index is -0.000000124. The molecule has 10 nitrogen and oxygen atoms in total. The van der Waals surface area contributed by atoms with Crippen LogP contribution in [0, 0.1) is 16.7 Å². The molecule has 0 radical (unpaired) electrons. The van der Waals surface area contributed by atoms with Gasteiger partial charge in [-0.05, 0) is 28.2 Å². The Morgan fingerprint density at radius 3 is 0.774 bits per heavy atom. The van der Waals surface area contributed by atoms with E-state index >= 15 is 0 Å². The molecule has 1 heterocycles. The van der Waals surface area contributed by atoms with Gasteiger partial charge >= 0.3 is 19.5 Å². The molecule has 0 aliphatic carbocycles. The fourth-order valence-corrected chi connectivity index (χ4v) is 1.81. The third-order valence-corrected chi connectivity index (χ3v) is 3.45. The SMILES string of the molecule is CN1CCN(C)CCN(C)CCN(C)CC1.C[CH+]C.[N-]=C=S.[N-]=C=S.[O-][Cl+3]([O-])([O-])[O-].[Ru+6]. The van der Waals surface area contributed by atoms with Crippen LogP contribution in [0.15, 0.2) is 0 Å². The summed E-state index contributed by atoms with van der Waals surface area (Å²) < 4.78 is 34.0. The summed E-state index contributed by atoms with van der Waals surface area (Å²) in [7, 11) is 3.94. The molecule has 1 saturated heterocycles. The van der Waals surface area contributed by atoms with E-state index in [0.29, 0.717) is 0 Å². The first-order chi connectivity index (χ1) is 13.8. The number of isothiocyanates is 2. The van der Waals surface area contributed by atoms with Crippen LogP contribution >= 0.6 is 24.4 Å². The van der Waals surface area contributed by atoms with Crippen molar-refractivity contribution in [1.82, 2.24) is 19.6 Å². The van der Waals surface area contributed by atoms with Crippen molar-refractivity contribution >= 4 is 34.8 Å². The van der Waals surface area contributed by atoms with Crippen molar-refractivity contribution in [1.29, 1.82) is 0 Å². The van der Waals surface area contributed by atoms with E-state index in [0.717, 1.165) is 0 Å². The summed E-state index contributed by atoms with van der Waals surface area (Å²) in [5, 5.41) is 16.9. The Labute approximate surface area is 213 Å². The fraction of sp³-hybridized carbons (Fsp3) is 0.824. The molecule has 0 unspecified atom stereocenters. The van der Waals surface area contributed by atoms with E-state index < -0.39 is 10.2 Å². The summed E-state index contributed by atoms with van der Waals surface area (Å²) in [6, 6.07) is 0. The molecule has 1 rings (SSSR count). The summed E-state index contributed by atoms with van der Waals surface area (Å²) in [6.45, 7) is 13.4. The summed E-state index contributed by atoms with van der Waals surface area (Å²) in [6.07, 6.45) is 2.00. The molecule has 0 aromatic heterocycles. The fourth-order valence-electron chi connectivity index (χ4n) is 1.81. The first-order valence-corrected chi connectivity index (χ1v) is 11.0. The van der Waals surface area contributed by atoms with Crippen LogP contribution in [0.25, 0.3) is 10.8 Å². The average molecular weight is 588 g/mol. The second kappa shape index (κ2) is 30.1. The van der Waals surface area contributed by atoms with Gasteiger partial charge in [0.05, 0.1) is 20.3 Å². The van der Waals surface area contributed by atoms with Gasteiger partial charge in [0.1, 0.15) is 0 Å². The first-order valence-electron chi connectivity index (χ1n) is 8.95. The quantitative estimate of drug-likeness (QED) is 0.129. The zero-order valence-corrected chi connectivity index (χ0v) is 23.2. The number of hydrogen-bond donors (Lipinski definition) is 0. The van der Waals surface area contributed by atoms with Gasteiger partial charge in [0.25, 0.3) is 0 Å². The van der Waals surface area contributed by atoms with Crippen LogP contribution in [0.2, 0.25) is 0 Å². The van der Waals surface area contributed by atoms with Crippen LogP contribution < -0.4 is 18.6 Å². The van der Waals surface area contributed by atoms with Gasteiger partial charge in [0.15, 0.2) is 0 Å². The molecule has 31 heavy (non-hydrogen) atoms. The maximum atomic E-state index is 8.49. The minimum Gasteiger partial charge on any atom is -0.753 e. The maximum Gasteiger partial charge on any atom is 6.00 e. The second-order valence-corrected chi connectivity index (χ2v) is 7.47. The minimum atomic E-state index is -4.94. The molecule has 1 aliphatic heterocycles. The molecule has 0 saturated carbocycles. The molecule has 1 fully saturated rings. The summed E-state index contributed by atoms with van der Waals surface area (Å²) >= 11 is 7.40. The van der Waals surface area contributed by atoms with Gasteiger partial charge in [-0.25, -0.2) is 18.6 Å². The normalized spacial score (nSPS) is 16.5. The first kappa shape index (κ1) is 41.3. The van der Waals surface area contributed by atoms with Crippen LogP contribution in [0.4, 0.5) is 0 Å². The van der Waals surface area contributed by atoms with Gasteiger partial charge in [-0.1, -0.05) is 24.4 Å². The molecule has 1 aliphatic rings. The van der Waals surface area contributed by atoms with E-state index in [1.807, 2.05) is 20.3 Å². The molecular weight excluding hydrogens is 553 g/mol. The Kier molecular flexibility index (Phi) is 40.1. The van der Waals surface area contributed by atoms with E-state index in [-0.39, 0.29) is 19.5 Å². The van der Waals surface area contributed by atoms with E-state index in [2.05, 4.69) is 72.2 Å². The van der Waals surface area contributed by atoms with Crippen molar-refractivity contribution < 1.29 is 48.4 Å². The van der Waals surface area contributed by atoms with Crippen molar-refractivity contribution in [3.63, 3.8) is 0 Å². The number of halogens is 1. The van der Waals surface area contributed by atoms with E-state index in [1.165, 1.54) is 62.7 Å². The number of nitrogens with zero attached hydrogens (tertiary/aromatic N) is 6. The van der Waals surface area contributed by atoms with Crippen molar-refractivity contribution in [2.75, 3.05) is 80.5 Å². The summed E-state index contributed by atoms with van der Waals surface area (Å²) in [5.74, 6) is 0. The summed E-state index contributed by atoms with van der Waals surface area (Å²) in [5.41, 5.74) is 0. The number of likely N-dealkylation sites (N-methyl/N-ethyl adjacent to an activating group) is 4. The van der Waals surface area contributed by atoms with Gasteiger partial charge in [0.2, 0.25) is 0 Å². The monoisotopic (exact) mass is 588 g/mol. The van der Waals surface area contributed by atoms with Crippen molar-refractivity contribution in [3.05, 3.63) is 17.2 Å². The Morgan fingerprint density at radius 1 is 0.645 bits per heavy atom. The van der Waals surface area contributed by atoms with Gasteiger partial charge in [-0.15, -0.1) is 10.2 Å². The zero-order valence-electron chi connectivity index (χ0n) is 19.1. The third kappa shape index (κ3) is 58.8. The van der Waals surface area contributed by atoms with Crippen molar-refractivity contribution in [2.45, 2.75) is 13.8 Å². The van der Waals surface area contributed by atoms with Crippen LogP contribution in [0.5, 0.6) is 0 Å². The Hall–Kier alpha value is 0.0634. The molecule has 0 amide bonds. The molecule has 0 aromatic carbocycles. The maximum absolute atomic E-state index is 8.49. The average Bonchev–Trinajstić information content (AvgIpc) is 2.61. The predicted octanol–water partition coefficient (Wildman–Crippen LogP) is -2.48. The standard InChI is InChI=1S/C12H28N4.C3H7.2CNS.ClHO4.Ru/c1-13-5-7-14(2)9-11-16(4)12-10-15(3)8-6-13;1-3-2;2*2-1-3;2-1(3,4)5;/h5-12H2,1-4H3;3H,1-2H3;;;(H,2,3,4,5);/q;+1;2*-1;;+6/p-1. The van der Waals surface area contributed by atoms with Gasteiger partial charge in [-0.3, -0.25) is 0 Å². The molecule has 0 atom stereocenters. The van der Waals surface area contributed by atoms with Gasteiger partial charge in [0, 0.05) is 52.4 Å². The molecule has 0 N–H and O–H groups in total. The van der Waals surface area contributed by atoms with Crippen molar-refractivity contribution in [3.8, 4) is 0 Å². The molecule has 0 spiro atoms. The summed E-state index contributed by atoms with van der Waals surface area (Å²) in [4.78, 5) is 9.72. The second-order valence-electron chi connectivity index (χ2n) is 6.35. The van der Waals surface area contributed by atoms with Crippen LogP contribution in [0.3, 0.4) is 0 Å². The Morgan fingerprint density at radius 2 is 0.710 bits per heavy atom. The molecular formula is C17H35ClN6O4RuS2+4. The van der Waals surface area contributed by atoms with Gasteiger partial charge in [-0.2, -0.15) is 10.3 Å². The molecule has 0 aromatic rings. The molecule has 0 bridgehead atoms. The predicted molar refractivity (Wildman–Crippen MR) is 118 cm³/mol. The number of thiocarbonyl (C=S) groups is 2. The van der Waals surface area contributed by atoms with Crippen molar-refractivity contribution in [2.24, 2.45) is 0 Å². The minimum absolute atomic E-state index is 0. The Bertz CT molecular complexity index is 367. The van der Waals surface area contributed by atoms with Crippen LogP contribution in [-0.2, 0) is 19.5 Å². The van der Waals surface area contributed by atoms with Crippen LogP contribution in [-0.4, -0.2) is 110 Å². The zero-order chi connectivity index (χ0) is 24.6. The molecule has 180 valence electrons. The smallest absolute Gasteiger partial charge is 0.753 e. The van der Waals surface area contributed by atoms with E-state index in [1.54, 1.807) is 0 Å². The molecule has 14 heteroatoms. The third-order valence-electron chi connectivity index (χ3n) is 3.45. The van der Waals surface area contributed by atoms with E-state index in [9.17, 15) is 0 Å². The van der Waals surface area contributed by atoms with E-state index in [4.69, 9.17) is 29.5 Å².